The van der Waals surface area contributed by atoms with Gasteiger partial charge in [0, 0.05) is 23.6 Å². The maximum absolute atomic E-state index is 13.1. The summed E-state index contributed by atoms with van der Waals surface area (Å²) in [4.78, 5) is 7.86. The molecule has 1 N–H and O–H groups in total. The Morgan fingerprint density at radius 1 is 1.03 bits per heavy atom. The second kappa shape index (κ2) is 7.54. The topological polar surface area (TPSA) is 64.9 Å². The van der Waals surface area contributed by atoms with Crippen LogP contribution in [-0.4, -0.2) is 34.7 Å². The molecular weight excluding hydrogens is 415 g/mol. The first kappa shape index (κ1) is 21.5. The van der Waals surface area contributed by atoms with Gasteiger partial charge >= 0.3 is 12.4 Å². The molecule has 0 aliphatic heterocycles. The minimum Gasteiger partial charge on any atom is -0.497 e. The van der Waals surface area contributed by atoms with Crippen molar-refractivity contribution >= 4 is 24.9 Å². The number of alkyl halides is 6. The van der Waals surface area contributed by atoms with Crippen LogP contribution in [0.3, 0.4) is 0 Å². The molecule has 13 heteroatoms. The van der Waals surface area contributed by atoms with Crippen LogP contribution in [0.5, 0.6) is 5.75 Å². The number of halogens is 6. The first-order valence-corrected chi connectivity index (χ1v) is 8.18. The lowest BCUT2D eigenvalue weighted by Gasteiger charge is -2.14. The van der Waals surface area contributed by atoms with Gasteiger partial charge in [0.15, 0.2) is 11.5 Å². The average Bonchev–Trinajstić information content (AvgIpc) is 3.04. The molecule has 0 unspecified atom stereocenters. The van der Waals surface area contributed by atoms with E-state index in [-0.39, 0.29) is 34.4 Å². The Hall–Kier alpha value is -3.25. The molecular formula is C17H12BF6N5O. The van der Waals surface area contributed by atoms with Gasteiger partial charge in [-0.05, 0) is 30.6 Å². The molecule has 0 saturated heterocycles. The second-order valence-electron chi connectivity index (χ2n) is 6.13. The van der Waals surface area contributed by atoms with Crippen LogP contribution in [0, 0.1) is 6.92 Å². The van der Waals surface area contributed by atoms with Crippen LogP contribution in [0.25, 0.3) is 5.82 Å². The maximum Gasteiger partial charge on any atom is 0.435 e. The number of methoxy groups -OCH3 is 1. The van der Waals surface area contributed by atoms with Gasteiger partial charge in [0.25, 0.3) is 0 Å². The van der Waals surface area contributed by atoms with Crippen molar-refractivity contribution in [3.63, 3.8) is 0 Å². The normalized spacial score (nSPS) is 12.1. The second-order valence-corrected chi connectivity index (χ2v) is 6.13. The Labute approximate surface area is 167 Å². The number of benzene rings is 1. The summed E-state index contributed by atoms with van der Waals surface area (Å²) in [5, 5.41) is 6.02. The van der Waals surface area contributed by atoms with E-state index in [0.717, 1.165) is 29.1 Å². The SMILES string of the molecule is [B]c1cnc(Nc2cc(OC)cc(C(F)(F)F)c2)nc1-n1nc(C(F)(F)F)cc1C. The highest BCUT2D eigenvalue weighted by atomic mass is 19.4. The van der Waals surface area contributed by atoms with Crippen molar-refractivity contribution in [1.29, 1.82) is 0 Å². The van der Waals surface area contributed by atoms with Crippen molar-refractivity contribution in [3.05, 3.63) is 47.4 Å². The Kier molecular flexibility index (Phi) is 5.39. The molecule has 0 saturated carbocycles. The molecule has 2 aromatic heterocycles. The van der Waals surface area contributed by atoms with Gasteiger partial charge in [-0.2, -0.15) is 36.4 Å². The molecule has 3 rings (SSSR count). The molecule has 2 radical (unpaired) electrons. The zero-order valence-corrected chi connectivity index (χ0v) is 15.4. The largest absolute Gasteiger partial charge is 0.497 e. The molecule has 0 amide bonds. The lowest BCUT2D eigenvalue weighted by atomic mass is 9.99. The summed E-state index contributed by atoms with van der Waals surface area (Å²) in [6.07, 6.45) is -8.20. The Bertz CT molecular complexity index is 1080. The minimum absolute atomic E-state index is 0.0504. The highest BCUT2D eigenvalue weighted by Crippen LogP contribution is 2.34. The summed E-state index contributed by atoms with van der Waals surface area (Å²) in [5.74, 6) is -0.441. The van der Waals surface area contributed by atoms with Gasteiger partial charge in [-0.25, -0.2) is 9.67 Å². The van der Waals surface area contributed by atoms with Crippen LogP contribution in [0.4, 0.5) is 38.0 Å². The molecule has 0 fully saturated rings. The van der Waals surface area contributed by atoms with Crippen LogP contribution >= 0.6 is 0 Å². The summed E-state index contributed by atoms with van der Waals surface area (Å²) >= 11 is 0. The molecule has 0 aliphatic carbocycles. The number of anilines is 2. The van der Waals surface area contributed by atoms with E-state index in [4.69, 9.17) is 12.6 Å². The predicted molar refractivity (Wildman–Crippen MR) is 95.6 cm³/mol. The van der Waals surface area contributed by atoms with Crippen LogP contribution in [0.2, 0.25) is 0 Å². The predicted octanol–water partition coefficient (Wildman–Crippen LogP) is 3.55. The molecule has 156 valence electrons. The molecule has 0 aliphatic rings. The van der Waals surface area contributed by atoms with Gasteiger partial charge in [-0.1, -0.05) is 0 Å². The van der Waals surface area contributed by atoms with Crippen molar-refractivity contribution in [2.45, 2.75) is 19.3 Å². The Morgan fingerprint density at radius 2 is 1.73 bits per heavy atom. The van der Waals surface area contributed by atoms with Crippen LogP contribution in [-0.2, 0) is 12.4 Å². The Balaban J connectivity index is 2.00. The fourth-order valence-corrected chi connectivity index (χ4v) is 2.52. The van der Waals surface area contributed by atoms with E-state index in [9.17, 15) is 26.3 Å². The van der Waals surface area contributed by atoms with Crippen molar-refractivity contribution < 1.29 is 31.1 Å². The maximum atomic E-state index is 13.1. The highest BCUT2D eigenvalue weighted by Gasteiger charge is 2.35. The van der Waals surface area contributed by atoms with E-state index in [1.54, 1.807) is 0 Å². The van der Waals surface area contributed by atoms with E-state index in [1.807, 2.05) is 0 Å². The van der Waals surface area contributed by atoms with Gasteiger partial charge < -0.3 is 10.1 Å². The third kappa shape index (κ3) is 4.49. The number of hydrogen-bond donors (Lipinski definition) is 1. The van der Waals surface area contributed by atoms with Gasteiger partial charge in [0.2, 0.25) is 5.95 Å². The van der Waals surface area contributed by atoms with E-state index in [2.05, 4.69) is 20.4 Å². The Morgan fingerprint density at radius 3 is 2.30 bits per heavy atom. The number of aromatic nitrogens is 4. The molecule has 30 heavy (non-hydrogen) atoms. The number of hydrogen-bond acceptors (Lipinski definition) is 5. The zero-order chi connectivity index (χ0) is 22.3. The first-order valence-electron chi connectivity index (χ1n) is 8.18. The molecule has 6 nitrogen and oxygen atoms in total. The average molecular weight is 427 g/mol. The van der Waals surface area contributed by atoms with E-state index in [0.29, 0.717) is 0 Å². The van der Waals surface area contributed by atoms with E-state index >= 15 is 0 Å². The van der Waals surface area contributed by atoms with Crippen molar-refractivity contribution in [3.8, 4) is 11.6 Å². The van der Waals surface area contributed by atoms with Crippen LogP contribution < -0.4 is 15.5 Å². The monoisotopic (exact) mass is 427 g/mol. The van der Waals surface area contributed by atoms with Gasteiger partial charge in [-0.15, -0.1) is 0 Å². The van der Waals surface area contributed by atoms with E-state index in [1.165, 1.54) is 20.1 Å². The molecule has 0 spiro atoms. The van der Waals surface area contributed by atoms with Crippen LogP contribution in [0.15, 0.2) is 30.5 Å². The number of rotatable bonds is 4. The smallest absolute Gasteiger partial charge is 0.435 e. The fourth-order valence-electron chi connectivity index (χ4n) is 2.52. The van der Waals surface area contributed by atoms with E-state index < -0.39 is 23.6 Å². The highest BCUT2D eigenvalue weighted by molar-refractivity contribution is 6.34. The quantitative estimate of drug-likeness (QED) is 0.510. The lowest BCUT2D eigenvalue weighted by molar-refractivity contribution is -0.141. The third-order valence-electron chi connectivity index (χ3n) is 3.90. The molecule has 3 aromatic rings. The molecule has 2 heterocycles. The first-order chi connectivity index (χ1) is 13.9. The molecule has 0 bridgehead atoms. The van der Waals surface area contributed by atoms with Crippen molar-refractivity contribution in [1.82, 2.24) is 19.7 Å². The molecule has 0 atom stereocenters. The summed E-state index contributed by atoms with van der Waals surface area (Å²) < 4.78 is 83.7. The van der Waals surface area contributed by atoms with Gasteiger partial charge in [0.05, 0.1) is 12.7 Å². The zero-order valence-electron chi connectivity index (χ0n) is 15.4. The minimum atomic E-state index is -4.67. The van der Waals surface area contributed by atoms with Crippen molar-refractivity contribution in [2.24, 2.45) is 0 Å². The summed E-state index contributed by atoms with van der Waals surface area (Å²) in [6.45, 7) is 1.37. The fraction of sp³-hybridized carbons (Fsp3) is 0.235. The standard InChI is InChI=1S/C17H12BF6N5O/c1-8-3-13(17(22,23)24)28-29(8)14-12(18)7-25-15(27-14)26-10-4-9(16(19,20)21)5-11(6-10)30-2/h3-7H,1-2H3,(H,25,26,27). The summed E-state index contributed by atoms with van der Waals surface area (Å²) in [5.41, 5.74) is -2.15. The number of nitrogens with zero attached hydrogens (tertiary/aromatic N) is 4. The van der Waals surface area contributed by atoms with Crippen molar-refractivity contribution in [2.75, 3.05) is 12.4 Å². The summed E-state index contributed by atoms with van der Waals surface area (Å²) in [7, 11) is 6.97. The molecule has 1 aromatic carbocycles. The number of nitrogens with one attached hydrogen (secondary N) is 1. The number of ether oxygens (including phenoxy) is 1. The van der Waals surface area contributed by atoms with Gasteiger partial charge in [-0.3, -0.25) is 0 Å². The number of aryl methyl sites for hydroxylation is 1. The summed E-state index contributed by atoms with van der Waals surface area (Å²) in [6, 6.07) is 3.71. The van der Waals surface area contributed by atoms with Crippen LogP contribution in [0.1, 0.15) is 17.0 Å². The third-order valence-corrected chi connectivity index (χ3v) is 3.90. The van der Waals surface area contributed by atoms with Gasteiger partial charge in [0.1, 0.15) is 13.6 Å². The lowest BCUT2D eigenvalue weighted by Crippen LogP contribution is -2.19.